The van der Waals surface area contributed by atoms with Crippen LogP contribution in [-0.2, 0) is 4.79 Å². The Morgan fingerprint density at radius 2 is 1.77 bits per heavy atom. The fourth-order valence-corrected chi connectivity index (χ4v) is 3.37. The Balaban J connectivity index is 1.85. The third-order valence-corrected chi connectivity index (χ3v) is 4.74. The van der Waals surface area contributed by atoms with Gasteiger partial charge in [-0.1, -0.05) is 48.0 Å². The van der Waals surface area contributed by atoms with E-state index in [9.17, 15) is 14.7 Å². The molecule has 0 saturated carbocycles. The van der Waals surface area contributed by atoms with Crippen molar-refractivity contribution in [3.05, 3.63) is 82.0 Å². The topological polar surface area (TPSA) is 79.3 Å². The third-order valence-electron chi connectivity index (χ3n) is 3.43. The minimum absolute atomic E-state index is 0.229. The van der Waals surface area contributed by atoms with Crippen LogP contribution in [0.3, 0.4) is 0 Å². The van der Waals surface area contributed by atoms with E-state index in [1.54, 1.807) is 42.6 Å². The van der Waals surface area contributed by atoms with Crippen LogP contribution in [-0.4, -0.2) is 22.0 Å². The highest BCUT2D eigenvalue weighted by Crippen LogP contribution is 2.31. The normalized spacial score (nSPS) is 11.2. The molecule has 2 N–H and O–H groups in total. The molecule has 0 bridgehead atoms. The number of amides is 1. The molecule has 3 aromatic rings. The average molecular weight is 385 g/mol. The van der Waals surface area contributed by atoms with E-state index in [0.717, 1.165) is 5.56 Å². The van der Waals surface area contributed by atoms with Crippen molar-refractivity contribution < 1.29 is 14.7 Å². The summed E-state index contributed by atoms with van der Waals surface area (Å²) >= 11 is 7.44. The van der Waals surface area contributed by atoms with E-state index in [0.29, 0.717) is 20.5 Å². The summed E-state index contributed by atoms with van der Waals surface area (Å²) in [4.78, 5) is 28.5. The molecule has 2 aromatic carbocycles. The summed E-state index contributed by atoms with van der Waals surface area (Å²) in [6.07, 6.45) is 2.92. The largest absolute Gasteiger partial charge is 0.477 e. The molecule has 3 rings (SSSR count). The first-order chi connectivity index (χ1) is 12.5. The van der Waals surface area contributed by atoms with Crippen molar-refractivity contribution in [3.63, 3.8) is 0 Å². The lowest BCUT2D eigenvalue weighted by atomic mass is 10.2. The Kier molecular flexibility index (Phi) is 5.46. The van der Waals surface area contributed by atoms with Gasteiger partial charge >= 0.3 is 5.97 Å². The summed E-state index contributed by atoms with van der Waals surface area (Å²) in [5, 5.41) is 13.0. The summed E-state index contributed by atoms with van der Waals surface area (Å²) in [5.74, 6) is -1.72. The molecule has 0 aliphatic heterocycles. The van der Waals surface area contributed by atoms with Gasteiger partial charge in [0.05, 0.1) is 5.02 Å². The van der Waals surface area contributed by atoms with Crippen LogP contribution in [0.1, 0.15) is 15.2 Å². The molecule has 0 spiro atoms. The second kappa shape index (κ2) is 7.95. The van der Waals surface area contributed by atoms with Crippen molar-refractivity contribution in [2.45, 2.75) is 0 Å². The zero-order chi connectivity index (χ0) is 18.5. The molecule has 0 aliphatic carbocycles. The Bertz CT molecular complexity index is 983. The summed E-state index contributed by atoms with van der Waals surface area (Å²) in [6.45, 7) is 0. The SMILES string of the molecule is O=C(O)/C(=C/c1cnc(-c2ccccc2Cl)s1)NC(=O)c1ccccc1. The van der Waals surface area contributed by atoms with Crippen LogP contribution in [0.4, 0.5) is 0 Å². The predicted molar refractivity (Wildman–Crippen MR) is 102 cm³/mol. The second-order valence-corrected chi connectivity index (χ2v) is 6.70. The Morgan fingerprint density at radius 1 is 1.08 bits per heavy atom. The van der Waals surface area contributed by atoms with Crippen molar-refractivity contribution in [3.8, 4) is 10.6 Å². The van der Waals surface area contributed by atoms with E-state index in [1.807, 2.05) is 18.2 Å². The second-order valence-electron chi connectivity index (χ2n) is 5.23. The van der Waals surface area contributed by atoms with Gasteiger partial charge in [-0.2, -0.15) is 0 Å². The number of carboxylic acid groups (broad SMARTS) is 1. The fourth-order valence-electron chi connectivity index (χ4n) is 2.19. The summed E-state index contributed by atoms with van der Waals surface area (Å²) < 4.78 is 0. The molecule has 7 heteroatoms. The standard InChI is InChI=1S/C19H13ClN2O3S/c20-15-9-5-4-8-14(15)18-21-11-13(26-18)10-16(19(24)25)22-17(23)12-6-2-1-3-7-12/h1-11H,(H,22,23)(H,24,25)/b16-10-. The van der Waals surface area contributed by atoms with E-state index in [-0.39, 0.29) is 5.70 Å². The van der Waals surface area contributed by atoms with Gasteiger partial charge in [-0.25, -0.2) is 9.78 Å². The summed E-state index contributed by atoms with van der Waals surface area (Å²) in [7, 11) is 0. The van der Waals surface area contributed by atoms with Crippen LogP contribution in [0.25, 0.3) is 16.6 Å². The van der Waals surface area contributed by atoms with E-state index >= 15 is 0 Å². The quantitative estimate of drug-likeness (QED) is 0.642. The molecular formula is C19H13ClN2O3S. The number of carbonyl (C=O) groups excluding carboxylic acids is 1. The number of hydrogen-bond acceptors (Lipinski definition) is 4. The van der Waals surface area contributed by atoms with Crippen molar-refractivity contribution in [1.82, 2.24) is 10.3 Å². The molecule has 0 unspecified atom stereocenters. The van der Waals surface area contributed by atoms with Crippen LogP contribution in [0.15, 0.2) is 66.5 Å². The molecule has 0 fully saturated rings. The lowest BCUT2D eigenvalue weighted by Crippen LogP contribution is -2.27. The van der Waals surface area contributed by atoms with E-state index in [4.69, 9.17) is 11.6 Å². The Morgan fingerprint density at radius 3 is 2.46 bits per heavy atom. The highest BCUT2D eigenvalue weighted by atomic mass is 35.5. The first kappa shape index (κ1) is 17.8. The highest BCUT2D eigenvalue weighted by Gasteiger charge is 2.14. The summed E-state index contributed by atoms with van der Waals surface area (Å²) in [6, 6.07) is 15.7. The van der Waals surface area contributed by atoms with Crippen molar-refractivity contribution in [2.24, 2.45) is 0 Å². The lowest BCUT2D eigenvalue weighted by Gasteiger charge is -2.05. The molecule has 0 atom stereocenters. The van der Waals surface area contributed by atoms with Gasteiger partial charge in [0.15, 0.2) is 0 Å². The van der Waals surface area contributed by atoms with Gasteiger partial charge in [-0.3, -0.25) is 4.79 Å². The number of nitrogens with one attached hydrogen (secondary N) is 1. The number of aliphatic carboxylic acids is 1. The van der Waals surface area contributed by atoms with Crippen molar-refractivity contribution in [1.29, 1.82) is 0 Å². The first-order valence-electron chi connectivity index (χ1n) is 7.56. The monoisotopic (exact) mass is 384 g/mol. The minimum atomic E-state index is -1.23. The molecule has 1 amide bonds. The molecule has 1 heterocycles. The van der Waals surface area contributed by atoms with E-state index < -0.39 is 11.9 Å². The lowest BCUT2D eigenvalue weighted by molar-refractivity contribution is -0.132. The van der Waals surface area contributed by atoms with E-state index in [1.165, 1.54) is 17.4 Å². The number of nitrogens with zero attached hydrogens (tertiary/aromatic N) is 1. The molecule has 0 saturated heterocycles. The highest BCUT2D eigenvalue weighted by molar-refractivity contribution is 7.16. The van der Waals surface area contributed by atoms with Gasteiger partial charge in [0.1, 0.15) is 10.7 Å². The van der Waals surface area contributed by atoms with Crippen LogP contribution < -0.4 is 5.32 Å². The zero-order valence-electron chi connectivity index (χ0n) is 13.3. The molecule has 5 nitrogen and oxygen atoms in total. The summed E-state index contributed by atoms with van der Waals surface area (Å²) in [5.41, 5.74) is 0.915. The number of carboxylic acids is 1. The number of benzene rings is 2. The molecular weight excluding hydrogens is 372 g/mol. The number of thiazole rings is 1. The minimum Gasteiger partial charge on any atom is -0.477 e. The van der Waals surface area contributed by atoms with Gasteiger partial charge in [0.2, 0.25) is 0 Å². The number of halogens is 1. The Labute approximate surface area is 158 Å². The fraction of sp³-hybridized carbons (Fsp3) is 0. The number of carbonyl (C=O) groups is 2. The Hall–Kier alpha value is -2.96. The number of hydrogen-bond donors (Lipinski definition) is 2. The van der Waals surface area contributed by atoms with Crippen LogP contribution in [0.5, 0.6) is 0 Å². The molecule has 130 valence electrons. The van der Waals surface area contributed by atoms with Gasteiger partial charge in [0, 0.05) is 22.2 Å². The van der Waals surface area contributed by atoms with Gasteiger partial charge in [-0.05, 0) is 24.3 Å². The molecule has 1 aromatic heterocycles. The maximum atomic E-state index is 12.2. The van der Waals surface area contributed by atoms with Gasteiger partial charge in [0.25, 0.3) is 5.91 Å². The van der Waals surface area contributed by atoms with Crippen LogP contribution >= 0.6 is 22.9 Å². The molecule has 26 heavy (non-hydrogen) atoms. The van der Waals surface area contributed by atoms with E-state index in [2.05, 4.69) is 10.3 Å². The smallest absolute Gasteiger partial charge is 0.352 e. The van der Waals surface area contributed by atoms with Gasteiger partial charge < -0.3 is 10.4 Å². The van der Waals surface area contributed by atoms with Crippen LogP contribution in [0.2, 0.25) is 5.02 Å². The molecule has 0 aliphatic rings. The third kappa shape index (κ3) is 4.17. The number of aromatic nitrogens is 1. The number of rotatable bonds is 5. The van der Waals surface area contributed by atoms with Crippen molar-refractivity contribution in [2.75, 3.05) is 0 Å². The maximum absolute atomic E-state index is 12.2. The predicted octanol–water partition coefficient (Wildman–Crippen LogP) is 4.32. The first-order valence-corrected chi connectivity index (χ1v) is 8.76. The maximum Gasteiger partial charge on any atom is 0.352 e. The molecule has 0 radical (unpaired) electrons. The van der Waals surface area contributed by atoms with Gasteiger partial charge in [-0.15, -0.1) is 11.3 Å². The average Bonchev–Trinajstić information content (AvgIpc) is 3.10. The van der Waals surface area contributed by atoms with Crippen LogP contribution in [0, 0.1) is 0 Å². The zero-order valence-corrected chi connectivity index (χ0v) is 14.9. The van der Waals surface area contributed by atoms with Crippen molar-refractivity contribution >= 4 is 40.9 Å².